The number of carbonyl (C=O) groups is 1. The molecule has 2 unspecified atom stereocenters. The lowest BCUT2D eigenvalue weighted by atomic mass is 9.97. The number of aryl methyl sites for hydroxylation is 1. The summed E-state index contributed by atoms with van der Waals surface area (Å²) < 4.78 is 13.2. The molecule has 0 aliphatic carbocycles. The van der Waals surface area contributed by atoms with Crippen LogP contribution in [0.5, 0.6) is 0 Å². The number of aliphatic hydroxyl groups excluding tert-OH is 2. The third-order valence-corrected chi connectivity index (χ3v) is 3.09. The van der Waals surface area contributed by atoms with Gasteiger partial charge in [0, 0.05) is 19.0 Å². The first-order valence-corrected chi connectivity index (χ1v) is 6.46. The molecule has 4 N–H and O–H groups in total. The highest BCUT2D eigenvalue weighted by molar-refractivity contribution is 5.66. The van der Waals surface area contributed by atoms with Gasteiger partial charge in [-0.25, -0.2) is 4.39 Å². The number of halogens is 1. The summed E-state index contributed by atoms with van der Waals surface area (Å²) in [6.07, 6.45) is -0.840. The van der Waals surface area contributed by atoms with Crippen molar-refractivity contribution in [2.45, 2.75) is 31.9 Å². The summed E-state index contributed by atoms with van der Waals surface area (Å²) in [4.78, 5) is 10.6. The lowest BCUT2D eigenvalue weighted by molar-refractivity contribution is -0.137. The van der Waals surface area contributed by atoms with E-state index < -0.39 is 18.1 Å². The van der Waals surface area contributed by atoms with E-state index in [0.29, 0.717) is 11.1 Å². The number of aliphatic carboxylic acids is 1. The van der Waals surface area contributed by atoms with Crippen molar-refractivity contribution in [2.24, 2.45) is 0 Å². The van der Waals surface area contributed by atoms with Crippen molar-refractivity contribution in [3.8, 4) is 0 Å². The molecular weight excluding hydrogens is 265 g/mol. The van der Waals surface area contributed by atoms with Gasteiger partial charge in [0.05, 0.1) is 12.7 Å². The summed E-state index contributed by atoms with van der Waals surface area (Å²) in [5, 5.41) is 30.7. The van der Waals surface area contributed by atoms with E-state index >= 15 is 0 Å². The molecule has 1 aromatic carbocycles. The maximum absolute atomic E-state index is 13.2. The molecule has 112 valence electrons. The Hall–Kier alpha value is -1.50. The fourth-order valence-corrected chi connectivity index (χ4v) is 1.98. The molecule has 2 atom stereocenters. The second kappa shape index (κ2) is 7.94. The Kier molecular flexibility index (Phi) is 6.57. The van der Waals surface area contributed by atoms with Crippen LogP contribution in [0.3, 0.4) is 0 Å². The van der Waals surface area contributed by atoms with Crippen molar-refractivity contribution < 1.29 is 24.5 Å². The average molecular weight is 285 g/mol. The predicted octanol–water partition coefficient (Wildman–Crippen LogP) is 0.983. The number of hydrogen-bond donors (Lipinski definition) is 4. The van der Waals surface area contributed by atoms with Crippen LogP contribution < -0.4 is 5.32 Å². The summed E-state index contributed by atoms with van der Waals surface area (Å²) in [5.41, 5.74) is 0.936. The molecule has 1 aromatic rings. The molecule has 0 fully saturated rings. The first-order chi connectivity index (χ1) is 9.45. The lowest BCUT2D eigenvalue weighted by Gasteiger charge is -2.24. The van der Waals surface area contributed by atoms with Gasteiger partial charge < -0.3 is 20.6 Å². The zero-order valence-electron chi connectivity index (χ0n) is 11.3. The van der Waals surface area contributed by atoms with E-state index in [-0.39, 0.29) is 31.8 Å². The van der Waals surface area contributed by atoms with Crippen molar-refractivity contribution in [1.82, 2.24) is 5.32 Å². The van der Waals surface area contributed by atoms with E-state index in [4.69, 9.17) is 10.2 Å². The highest BCUT2D eigenvalue weighted by Gasteiger charge is 2.21. The number of rotatable bonds is 8. The van der Waals surface area contributed by atoms with Crippen LogP contribution in [0.1, 0.15) is 30.1 Å². The molecule has 0 saturated heterocycles. The normalized spacial score (nSPS) is 14.0. The number of carboxylic acids is 1. The van der Waals surface area contributed by atoms with E-state index in [0.717, 1.165) is 0 Å². The minimum absolute atomic E-state index is 0.0969. The third kappa shape index (κ3) is 4.88. The van der Waals surface area contributed by atoms with Gasteiger partial charge in [0.2, 0.25) is 0 Å². The van der Waals surface area contributed by atoms with Crippen molar-refractivity contribution in [1.29, 1.82) is 0 Å². The van der Waals surface area contributed by atoms with E-state index in [1.807, 2.05) is 0 Å². The number of carboxylic acid groups (broad SMARTS) is 1. The quantitative estimate of drug-likeness (QED) is 0.572. The molecular formula is C14H20FNO4. The largest absolute Gasteiger partial charge is 0.481 e. The molecule has 1 rings (SSSR count). The van der Waals surface area contributed by atoms with Crippen LogP contribution in [-0.2, 0) is 4.79 Å². The summed E-state index contributed by atoms with van der Waals surface area (Å²) in [5.74, 6) is -1.31. The van der Waals surface area contributed by atoms with E-state index in [1.165, 1.54) is 18.2 Å². The summed E-state index contributed by atoms with van der Waals surface area (Å²) >= 11 is 0. The van der Waals surface area contributed by atoms with Gasteiger partial charge in [-0.1, -0.05) is 12.1 Å². The molecule has 0 bridgehead atoms. The standard InChI is InChI=1S/C14H20FNO4/c1-9-8-10(2-3-11(9)15)14(20)12(16-6-7-17)4-5-13(18)19/h2-3,8,12,14,16-17,20H,4-7H2,1H3,(H,18,19). The van der Waals surface area contributed by atoms with Gasteiger partial charge in [-0.05, 0) is 30.5 Å². The second-order valence-corrected chi connectivity index (χ2v) is 4.67. The van der Waals surface area contributed by atoms with Crippen molar-refractivity contribution in [2.75, 3.05) is 13.2 Å². The number of benzene rings is 1. The highest BCUT2D eigenvalue weighted by atomic mass is 19.1. The Bertz CT molecular complexity index is 453. The SMILES string of the molecule is Cc1cc(C(O)C(CCC(=O)O)NCCO)ccc1F. The molecule has 0 amide bonds. The third-order valence-electron chi connectivity index (χ3n) is 3.09. The minimum atomic E-state index is -0.958. The van der Waals surface area contributed by atoms with E-state index in [9.17, 15) is 14.3 Å². The summed E-state index contributed by atoms with van der Waals surface area (Å²) in [6.45, 7) is 1.74. The number of aliphatic hydroxyl groups is 2. The molecule has 0 aliphatic heterocycles. The highest BCUT2D eigenvalue weighted by Crippen LogP contribution is 2.22. The van der Waals surface area contributed by atoms with Gasteiger partial charge in [-0.3, -0.25) is 4.79 Å². The molecule has 6 heteroatoms. The number of nitrogens with one attached hydrogen (secondary N) is 1. The Morgan fingerprint density at radius 3 is 2.70 bits per heavy atom. The van der Waals surface area contributed by atoms with Crippen LogP contribution in [0.2, 0.25) is 0 Å². The smallest absolute Gasteiger partial charge is 0.303 e. The van der Waals surface area contributed by atoms with Crippen LogP contribution in [-0.4, -0.2) is 40.5 Å². The summed E-state index contributed by atoms with van der Waals surface area (Å²) in [6, 6.07) is 3.77. The van der Waals surface area contributed by atoms with Crippen LogP contribution >= 0.6 is 0 Å². The molecule has 20 heavy (non-hydrogen) atoms. The second-order valence-electron chi connectivity index (χ2n) is 4.67. The van der Waals surface area contributed by atoms with Crippen molar-refractivity contribution in [3.05, 3.63) is 35.1 Å². The fourth-order valence-electron chi connectivity index (χ4n) is 1.98. The lowest BCUT2D eigenvalue weighted by Crippen LogP contribution is -2.37. The molecule has 5 nitrogen and oxygen atoms in total. The molecule has 0 radical (unpaired) electrons. The molecule has 0 aromatic heterocycles. The predicted molar refractivity (Wildman–Crippen MR) is 71.8 cm³/mol. The van der Waals surface area contributed by atoms with E-state index in [2.05, 4.69) is 5.32 Å². The minimum Gasteiger partial charge on any atom is -0.481 e. The number of hydrogen-bond acceptors (Lipinski definition) is 4. The van der Waals surface area contributed by atoms with E-state index in [1.54, 1.807) is 6.92 Å². The van der Waals surface area contributed by atoms with Crippen LogP contribution in [0.4, 0.5) is 4.39 Å². The van der Waals surface area contributed by atoms with Crippen LogP contribution in [0, 0.1) is 12.7 Å². The summed E-state index contributed by atoms with van der Waals surface area (Å²) in [7, 11) is 0. The molecule has 0 spiro atoms. The first kappa shape index (κ1) is 16.6. The van der Waals surface area contributed by atoms with Crippen LogP contribution in [0.15, 0.2) is 18.2 Å². The molecule has 0 aliphatic rings. The topological polar surface area (TPSA) is 89.8 Å². The van der Waals surface area contributed by atoms with Gasteiger partial charge in [-0.2, -0.15) is 0 Å². The maximum Gasteiger partial charge on any atom is 0.303 e. The molecule has 0 heterocycles. The maximum atomic E-state index is 13.2. The van der Waals surface area contributed by atoms with Gasteiger partial charge >= 0.3 is 5.97 Å². The van der Waals surface area contributed by atoms with Gasteiger partial charge in [0.1, 0.15) is 5.82 Å². The average Bonchev–Trinajstić information content (AvgIpc) is 2.41. The van der Waals surface area contributed by atoms with Crippen LogP contribution in [0.25, 0.3) is 0 Å². The Balaban J connectivity index is 2.81. The Labute approximate surface area is 117 Å². The van der Waals surface area contributed by atoms with Crippen molar-refractivity contribution in [3.63, 3.8) is 0 Å². The zero-order chi connectivity index (χ0) is 15.1. The Morgan fingerprint density at radius 2 is 2.15 bits per heavy atom. The van der Waals surface area contributed by atoms with Crippen molar-refractivity contribution >= 4 is 5.97 Å². The zero-order valence-corrected chi connectivity index (χ0v) is 11.3. The first-order valence-electron chi connectivity index (χ1n) is 6.46. The van der Waals surface area contributed by atoms with Gasteiger partial charge in [0.15, 0.2) is 0 Å². The Morgan fingerprint density at radius 1 is 1.45 bits per heavy atom. The van der Waals surface area contributed by atoms with Gasteiger partial charge in [-0.15, -0.1) is 0 Å². The monoisotopic (exact) mass is 285 g/mol. The fraction of sp³-hybridized carbons (Fsp3) is 0.500. The van der Waals surface area contributed by atoms with Gasteiger partial charge in [0.25, 0.3) is 0 Å². The molecule has 0 saturated carbocycles.